The van der Waals surface area contributed by atoms with Gasteiger partial charge in [-0.3, -0.25) is 4.79 Å². The molecule has 0 saturated carbocycles. The normalized spacial score (nSPS) is 17.4. The Morgan fingerprint density at radius 2 is 2.27 bits per heavy atom. The van der Waals surface area contributed by atoms with Crippen molar-refractivity contribution in [2.75, 3.05) is 13.1 Å². The molecule has 1 aliphatic rings. The molecule has 11 heavy (non-hydrogen) atoms. The molecule has 6 heteroatoms. The molecule has 1 fully saturated rings. The predicted octanol–water partition coefficient (Wildman–Crippen LogP) is -0.575. The fraction of sp³-hybridized carbons (Fsp3) is 0.800. The maximum absolute atomic E-state index is 10.3. The smallest absolute Gasteiger partial charge is 0.303 e. The molecular formula is C5H8N2O4. The van der Waals surface area contributed by atoms with Gasteiger partial charge in [-0.25, -0.2) is 10.1 Å². The van der Waals surface area contributed by atoms with E-state index in [0.717, 1.165) is 5.01 Å². The van der Waals surface area contributed by atoms with E-state index in [1.807, 2.05) is 0 Å². The average Bonchev–Trinajstić information content (AvgIpc) is 1.75. The first-order chi connectivity index (χ1) is 5.09. The quantitative estimate of drug-likeness (QED) is 0.307. The van der Waals surface area contributed by atoms with Crippen LogP contribution in [0, 0.1) is 10.1 Å². The summed E-state index contributed by atoms with van der Waals surface area (Å²) in [5.41, 5.74) is 0. The van der Waals surface area contributed by atoms with Crippen molar-refractivity contribution in [1.82, 2.24) is 5.01 Å². The molecule has 0 N–H and O–H groups in total. The topological polar surface area (TPSA) is 72.7 Å². The zero-order chi connectivity index (χ0) is 8.43. The first-order valence-electron chi connectivity index (χ1n) is 3.16. The van der Waals surface area contributed by atoms with Gasteiger partial charge in [0, 0.05) is 6.92 Å². The van der Waals surface area contributed by atoms with E-state index in [0.29, 0.717) is 0 Å². The van der Waals surface area contributed by atoms with Gasteiger partial charge in [0.1, 0.15) is 19.2 Å². The van der Waals surface area contributed by atoms with E-state index >= 15 is 0 Å². The minimum absolute atomic E-state index is 0.201. The Morgan fingerprint density at radius 1 is 1.73 bits per heavy atom. The summed E-state index contributed by atoms with van der Waals surface area (Å²) < 4.78 is 4.68. The molecule has 62 valence electrons. The summed E-state index contributed by atoms with van der Waals surface area (Å²) in [4.78, 5) is 20.3. The zero-order valence-electron chi connectivity index (χ0n) is 6.02. The first kappa shape index (κ1) is 7.77. The van der Waals surface area contributed by atoms with Gasteiger partial charge in [-0.05, 0) is 0 Å². The number of carbonyl (C=O) groups is 1. The number of carbonyl (C=O) groups excluding carboxylic acids is 1. The second-order valence-electron chi connectivity index (χ2n) is 2.34. The second kappa shape index (κ2) is 2.73. The maximum Gasteiger partial charge on any atom is 0.303 e. The summed E-state index contributed by atoms with van der Waals surface area (Å²) in [6.45, 7) is 1.69. The highest BCUT2D eigenvalue weighted by Gasteiger charge is 2.36. The van der Waals surface area contributed by atoms with Crippen LogP contribution in [0.1, 0.15) is 6.92 Å². The zero-order valence-corrected chi connectivity index (χ0v) is 6.02. The van der Waals surface area contributed by atoms with E-state index in [1.54, 1.807) is 0 Å². The molecule has 0 unspecified atom stereocenters. The molecule has 0 aromatic heterocycles. The van der Waals surface area contributed by atoms with Crippen molar-refractivity contribution in [2.45, 2.75) is 13.0 Å². The van der Waals surface area contributed by atoms with Crippen LogP contribution in [0.5, 0.6) is 0 Å². The van der Waals surface area contributed by atoms with Crippen LogP contribution in [0.25, 0.3) is 0 Å². The third-order valence-corrected chi connectivity index (χ3v) is 1.39. The van der Waals surface area contributed by atoms with E-state index in [2.05, 4.69) is 4.74 Å². The summed E-state index contributed by atoms with van der Waals surface area (Å²) in [5, 5.41) is 10.5. The number of hydrogen-bond acceptors (Lipinski definition) is 4. The van der Waals surface area contributed by atoms with Crippen LogP contribution in [0.15, 0.2) is 0 Å². The highest BCUT2D eigenvalue weighted by molar-refractivity contribution is 5.66. The Balaban J connectivity index is 2.19. The van der Waals surface area contributed by atoms with Gasteiger partial charge >= 0.3 is 5.97 Å². The first-order valence-corrected chi connectivity index (χ1v) is 3.16. The number of hydrogen-bond donors (Lipinski definition) is 0. The van der Waals surface area contributed by atoms with Crippen molar-refractivity contribution in [1.29, 1.82) is 0 Å². The van der Waals surface area contributed by atoms with Crippen molar-refractivity contribution in [3.05, 3.63) is 10.1 Å². The molecule has 0 spiro atoms. The van der Waals surface area contributed by atoms with Crippen molar-refractivity contribution in [2.24, 2.45) is 0 Å². The van der Waals surface area contributed by atoms with Gasteiger partial charge in [-0.1, -0.05) is 0 Å². The fourth-order valence-corrected chi connectivity index (χ4v) is 0.859. The van der Waals surface area contributed by atoms with Crippen molar-refractivity contribution in [3.8, 4) is 0 Å². The monoisotopic (exact) mass is 160 g/mol. The molecule has 0 aromatic rings. The molecular weight excluding hydrogens is 152 g/mol. The molecule has 6 nitrogen and oxygen atoms in total. The third-order valence-electron chi connectivity index (χ3n) is 1.39. The van der Waals surface area contributed by atoms with Crippen LogP contribution in [0.4, 0.5) is 0 Å². The molecule has 0 aliphatic carbocycles. The lowest BCUT2D eigenvalue weighted by molar-refractivity contribution is -0.674. The van der Waals surface area contributed by atoms with Gasteiger partial charge in [0.2, 0.25) is 0 Å². The van der Waals surface area contributed by atoms with Gasteiger partial charge in [0.15, 0.2) is 5.03 Å². The molecule has 0 aromatic carbocycles. The van der Waals surface area contributed by atoms with Gasteiger partial charge in [0.25, 0.3) is 0 Å². The number of ether oxygens (including phenoxy) is 1. The number of hydrazine groups is 1. The Labute approximate surface area is 62.9 Å². The molecule has 1 aliphatic heterocycles. The SMILES string of the molecule is CC(=O)OC1CN([N+](=O)[O-])C1. The van der Waals surface area contributed by atoms with Gasteiger partial charge in [-0.2, -0.15) is 0 Å². The maximum atomic E-state index is 10.3. The Bertz CT molecular complexity index is 187. The van der Waals surface area contributed by atoms with Gasteiger partial charge in [-0.15, -0.1) is 5.01 Å². The van der Waals surface area contributed by atoms with Crippen LogP contribution in [-0.4, -0.2) is 35.2 Å². The van der Waals surface area contributed by atoms with Crippen molar-refractivity contribution in [3.63, 3.8) is 0 Å². The van der Waals surface area contributed by atoms with Crippen molar-refractivity contribution < 1.29 is 14.6 Å². The number of esters is 1. The number of rotatable bonds is 2. The van der Waals surface area contributed by atoms with Crippen LogP contribution >= 0.6 is 0 Å². The average molecular weight is 160 g/mol. The highest BCUT2D eigenvalue weighted by atomic mass is 16.7. The van der Waals surface area contributed by atoms with Gasteiger partial charge in [0.05, 0.1) is 0 Å². The minimum atomic E-state index is -0.500. The van der Waals surface area contributed by atoms with E-state index < -0.39 is 11.0 Å². The Hall–Kier alpha value is -1.33. The van der Waals surface area contributed by atoms with Crippen LogP contribution in [-0.2, 0) is 9.53 Å². The summed E-state index contributed by atoms with van der Waals surface area (Å²) >= 11 is 0. The molecule has 0 bridgehead atoms. The fourth-order valence-electron chi connectivity index (χ4n) is 0.859. The minimum Gasteiger partial charge on any atom is -0.458 e. The summed E-state index contributed by atoms with van der Waals surface area (Å²) in [5.74, 6) is -0.391. The standard InChI is InChI=1S/C5H8N2O4/c1-4(8)11-5-2-6(3-5)7(9)10/h5H,2-3H2,1H3. The molecule has 1 heterocycles. The predicted molar refractivity (Wildman–Crippen MR) is 34.1 cm³/mol. The lowest BCUT2D eigenvalue weighted by Crippen LogP contribution is -2.55. The van der Waals surface area contributed by atoms with Crippen LogP contribution < -0.4 is 0 Å². The molecule has 1 rings (SSSR count). The van der Waals surface area contributed by atoms with E-state index in [1.165, 1.54) is 6.92 Å². The summed E-state index contributed by atoms with van der Waals surface area (Å²) in [6.07, 6.45) is -0.294. The lowest BCUT2D eigenvalue weighted by Gasteiger charge is -2.30. The van der Waals surface area contributed by atoms with Crippen LogP contribution in [0.3, 0.4) is 0 Å². The van der Waals surface area contributed by atoms with E-state index in [4.69, 9.17) is 0 Å². The lowest BCUT2D eigenvalue weighted by atomic mass is 10.2. The molecule has 0 radical (unpaired) electrons. The number of nitrogens with zero attached hydrogens (tertiary/aromatic N) is 2. The number of nitro groups is 1. The van der Waals surface area contributed by atoms with E-state index in [9.17, 15) is 14.9 Å². The van der Waals surface area contributed by atoms with Crippen LogP contribution in [0.2, 0.25) is 0 Å². The molecule has 0 atom stereocenters. The Morgan fingerprint density at radius 3 is 2.64 bits per heavy atom. The summed E-state index contributed by atoms with van der Waals surface area (Å²) in [7, 11) is 0. The van der Waals surface area contributed by atoms with E-state index in [-0.39, 0.29) is 19.2 Å². The molecule has 1 saturated heterocycles. The van der Waals surface area contributed by atoms with Crippen molar-refractivity contribution >= 4 is 5.97 Å². The van der Waals surface area contributed by atoms with Gasteiger partial charge < -0.3 is 4.74 Å². The molecule has 0 amide bonds. The Kier molecular flexibility index (Phi) is 1.93. The second-order valence-corrected chi connectivity index (χ2v) is 2.34. The largest absolute Gasteiger partial charge is 0.458 e. The highest BCUT2D eigenvalue weighted by Crippen LogP contribution is 2.10. The summed E-state index contributed by atoms with van der Waals surface area (Å²) in [6, 6.07) is 0. The third kappa shape index (κ3) is 1.79.